The molecule has 0 saturated carbocycles. The number of amides is 2. The van der Waals surface area contributed by atoms with Crippen molar-refractivity contribution in [1.29, 1.82) is 0 Å². The van der Waals surface area contributed by atoms with Gasteiger partial charge in [0.25, 0.3) is 11.8 Å². The number of carbonyl (C=O) groups excluding carboxylic acids is 2. The van der Waals surface area contributed by atoms with E-state index in [2.05, 4.69) is 26.3 Å². The largest absolute Gasteiger partial charge is 0.416 e. The molecule has 2 amide bonds. The van der Waals surface area contributed by atoms with E-state index in [0.29, 0.717) is 12.1 Å². The fourth-order valence-electron chi connectivity index (χ4n) is 4.21. The van der Waals surface area contributed by atoms with Gasteiger partial charge in [-0.3, -0.25) is 14.3 Å². The van der Waals surface area contributed by atoms with Crippen molar-refractivity contribution in [1.82, 2.24) is 20.3 Å². The Morgan fingerprint density at radius 2 is 1.85 bits per heavy atom. The van der Waals surface area contributed by atoms with Crippen LogP contribution < -0.4 is 16.0 Å². The highest BCUT2D eigenvalue weighted by Gasteiger charge is 2.36. The average molecular weight is 563 g/mol. The predicted octanol–water partition coefficient (Wildman–Crippen LogP) is 5.59. The summed E-state index contributed by atoms with van der Waals surface area (Å²) in [6.07, 6.45) is -3.36. The molecule has 1 aliphatic rings. The maximum absolute atomic E-state index is 14.1. The molecule has 0 bridgehead atoms. The Kier molecular flexibility index (Phi) is 6.46. The lowest BCUT2D eigenvalue weighted by molar-refractivity contribution is -0.137. The molecule has 4 aromatic rings. The van der Waals surface area contributed by atoms with Gasteiger partial charge in [-0.2, -0.15) is 13.2 Å². The maximum atomic E-state index is 14.1. The minimum absolute atomic E-state index is 0.0228. The first-order chi connectivity index (χ1) is 18.4. The van der Waals surface area contributed by atoms with Gasteiger partial charge in [0.05, 0.1) is 17.8 Å². The molecular weight excluding hydrogens is 547 g/mol. The number of benzene rings is 3. The second-order valence-corrected chi connectivity index (χ2v) is 9.05. The zero-order valence-electron chi connectivity index (χ0n) is 19.7. The first kappa shape index (κ1) is 26.1. The Labute approximate surface area is 221 Å². The number of aryl methyl sites for hydroxylation is 1. The quantitative estimate of drug-likeness (QED) is 0.275. The summed E-state index contributed by atoms with van der Waals surface area (Å²) in [7, 11) is 1.63. The monoisotopic (exact) mass is 562 g/mol. The van der Waals surface area contributed by atoms with Gasteiger partial charge in [-0.25, -0.2) is 8.78 Å². The number of rotatable bonds is 5. The topological polar surface area (TPSA) is 101 Å². The molecule has 1 unspecified atom stereocenters. The van der Waals surface area contributed by atoms with Crippen molar-refractivity contribution in [2.45, 2.75) is 12.2 Å². The van der Waals surface area contributed by atoms with Crippen molar-refractivity contribution < 1.29 is 31.5 Å². The molecule has 1 aromatic heterocycles. The van der Waals surface area contributed by atoms with Crippen LogP contribution in [0.15, 0.2) is 54.7 Å². The van der Waals surface area contributed by atoms with Gasteiger partial charge < -0.3 is 16.0 Å². The normalized spacial score (nSPS) is 14.6. The molecule has 2 heterocycles. The van der Waals surface area contributed by atoms with Gasteiger partial charge in [0.15, 0.2) is 5.82 Å². The second-order valence-electron chi connectivity index (χ2n) is 8.64. The third-order valence-electron chi connectivity index (χ3n) is 5.87. The highest BCUT2D eigenvalue weighted by atomic mass is 35.5. The molecule has 39 heavy (non-hydrogen) atoms. The number of nitrogens with zero attached hydrogens (tertiary/aromatic N) is 3. The Hall–Kier alpha value is -4.52. The first-order valence-corrected chi connectivity index (χ1v) is 11.5. The van der Waals surface area contributed by atoms with Crippen LogP contribution in [0.25, 0.3) is 0 Å². The van der Waals surface area contributed by atoms with E-state index in [-0.39, 0.29) is 45.0 Å². The second kappa shape index (κ2) is 9.66. The number of nitrogens with one attached hydrogen (secondary N) is 3. The van der Waals surface area contributed by atoms with E-state index < -0.39 is 46.8 Å². The molecule has 0 fully saturated rings. The summed E-state index contributed by atoms with van der Waals surface area (Å²) in [5.74, 6) is -3.28. The van der Waals surface area contributed by atoms with Gasteiger partial charge in [0.2, 0.25) is 0 Å². The summed E-state index contributed by atoms with van der Waals surface area (Å²) in [6, 6.07) is 6.79. The summed E-state index contributed by atoms with van der Waals surface area (Å²) < 4.78 is 69.2. The van der Waals surface area contributed by atoms with E-state index in [4.69, 9.17) is 11.6 Å². The molecule has 3 N–H and O–H groups in total. The smallest absolute Gasteiger partial charge is 0.341 e. The Morgan fingerprint density at radius 1 is 1.08 bits per heavy atom. The summed E-state index contributed by atoms with van der Waals surface area (Å²) in [4.78, 5) is 26.0. The van der Waals surface area contributed by atoms with E-state index in [0.717, 1.165) is 12.1 Å². The zero-order chi connectivity index (χ0) is 28.1. The fraction of sp³-hybridized carbons (Fsp3) is 0.120. The molecule has 0 saturated heterocycles. The standard InChI is InChI=1S/C25H16ClF5N6O2/c1-37-10-20(35-36-37)32-15-8-17-21(22(34-24(17)39)16-7-13(27)2-3-18(16)26)19(9-15)33-23(38)11-4-12(25(29,30)31)6-14(28)5-11/h2-10,22,32H,1H3,(H,33,38)(H,34,39). The van der Waals surface area contributed by atoms with Crippen LogP contribution in [0.3, 0.4) is 0 Å². The number of alkyl halides is 3. The van der Waals surface area contributed by atoms with Crippen molar-refractivity contribution in [3.8, 4) is 0 Å². The zero-order valence-corrected chi connectivity index (χ0v) is 20.5. The van der Waals surface area contributed by atoms with Crippen molar-refractivity contribution in [2.24, 2.45) is 7.05 Å². The number of aromatic nitrogens is 3. The molecule has 0 aliphatic carbocycles. The van der Waals surface area contributed by atoms with Crippen LogP contribution in [-0.4, -0.2) is 26.8 Å². The molecule has 1 aliphatic heterocycles. The summed E-state index contributed by atoms with van der Waals surface area (Å²) >= 11 is 6.28. The van der Waals surface area contributed by atoms with Crippen molar-refractivity contribution in [3.05, 3.63) is 99.2 Å². The molecule has 0 spiro atoms. The van der Waals surface area contributed by atoms with Gasteiger partial charge in [-0.15, -0.1) is 5.10 Å². The van der Waals surface area contributed by atoms with Crippen LogP contribution in [-0.2, 0) is 13.2 Å². The highest BCUT2D eigenvalue weighted by Crippen LogP contribution is 2.41. The SMILES string of the molecule is Cn1cc(Nc2cc(NC(=O)c3cc(F)cc(C(F)(F)F)c3)c3c(c2)C(=O)NC3c2cc(F)ccc2Cl)nn1. The van der Waals surface area contributed by atoms with Crippen LogP contribution in [0, 0.1) is 11.6 Å². The van der Waals surface area contributed by atoms with Crippen LogP contribution in [0.1, 0.15) is 43.4 Å². The van der Waals surface area contributed by atoms with Gasteiger partial charge in [-0.1, -0.05) is 16.8 Å². The fourth-order valence-corrected chi connectivity index (χ4v) is 4.44. The molecule has 200 valence electrons. The lowest BCUT2D eigenvalue weighted by Gasteiger charge is -2.19. The number of halogens is 6. The summed E-state index contributed by atoms with van der Waals surface area (Å²) in [6.45, 7) is 0. The number of fused-ring (bicyclic) bond motifs is 1. The average Bonchev–Trinajstić information content (AvgIpc) is 3.42. The molecule has 3 aromatic carbocycles. The van der Waals surface area contributed by atoms with Gasteiger partial charge in [0, 0.05) is 45.7 Å². The molecule has 5 rings (SSSR count). The van der Waals surface area contributed by atoms with Crippen LogP contribution in [0.4, 0.5) is 39.1 Å². The lowest BCUT2D eigenvalue weighted by atomic mass is 9.95. The molecule has 8 nitrogen and oxygen atoms in total. The van der Waals surface area contributed by atoms with Gasteiger partial charge in [-0.05, 0) is 48.5 Å². The highest BCUT2D eigenvalue weighted by molar-refractivity contribution is 6.31. The number of hydrogen-bond donors (Lipinski definition) is 3. The third kappa shape index (κ3) is 5.25. The molecular formula is C25H16ClF5N6O2. The first-order valence-electron chi connectivity index (χ1n) is 11.2. The van der Waals surface area contributed by atoms with Crippen molar-refractivity contribution >= 4 is 40.6 Å². The van der Waals surface area contributed by atoms with Crippen molar-refractivity contribution in [2.75, 3.05) is 10.6 Å². The van der Waals surface area contributed by atoms with E-state index in [1.54, 1.807) is 7.05 Å². The predicted molar refractivity (Wildman–Crippen MR) is 131 cm³/mol. The minimum atomic E-state index is -4.89. The van der Waals surface area contributed by atoms with Gasteiger partial charge >= 0.3 is 6.18 Å². The minimum Gasteiger partial charge on any atom is -0.341 e. The van der Waals surface area contributed by atoms with E-state index in [1.807, 2.05) is 0 Å². The number of hydrogen-bond acceptors (Lipinski definition) is 5. The Morgan fingerprint density at radius 3 is 2.54 bits per heavy atom. The summed E-state index contributed by atoms with van der Waals surface area (Å²) in [5, 5.41) is 15.9. The number of carbonyl (C=O) groups is 2. The Bertz CT molecular complexity index is 1640. The maximum Gasteiger partial charge on any atom is 0.416 e. The van der Waals surface area contributed by atoms with Crippen LogP contribution in [0.2, 0.25) is 5.02 Å². The third-order valence-corrected chi connectivity index (χ3v) is 6.21. The lowest BCUT2D eigenvalue weighted by Crippen LogP contribution is -2.21. The van der Waals surface area contributed by atoms with E-state index in [1.165, 1.54) is 29.1 Å². The van der Waals surface area contributed by atoms with Crippen LogP contribution in [0.5, 0.6) is 0 Å². The molecule has 1 atom stereocenters. The Balaban J connectivity index is 1.62. The van der Waals surface area contributed by atoms with Gasteiger partial charge in [0.1, 0.15) is 11.6 Å². The summed E-state index contributed by atoms with van der Waals surface area (Å²) in [5.41, 5.74) is -1.29. The van der Waals surface area contributed by atoms with E-state index in [9.17, 15) is 31.5 Å². The molecule has 14 heteroatoms. The van der Waals surface area contributed by atoms with Crippen LogP contribution >= 0.6 is 11.6 Å². The number of anilines is 3. The van der Waals surface area contributed by atoms with E-state index >= 15 is 0 Å². The van der Waals surface area contributed by atoms with Crippen molar-refractivity contribution in [3.63, 3.8) is 0 Å². The molecule has 0 radical (unpaired) electrons.